The fourth-order valence-corrected chi connectivity index (χ4v) is 1.64. The number of likely N-dealkylation sites (N-methyl/N-ethyl adjacent to an activating group) is 2. The van der Waals surface area contributed by atoms with Crippen LogP contribution in [0.1, 0.15) is 6.92 Å². The van der Waals surface area contributed by atoms with Gasteiger partial charge >= 0.3 is 0 Å². The summed E-state index contributed by atoms with van der Waals surface area (Å²) in [5, 5.41) is 3.30. The second-order valence-electron chi connectivity index (χ2n) is 3.81. The van der Waals surface area contributed by atoms with E-state index in [0.29, 0.717) is 0 Å². The van der Waals surface area contributed by atoms with Crippen molar-refractivity contribution in [3.05, 3.63) is 18.2 Å². The van der Waals surface area contributed by atoms with Gasteiger partial charge in [0.15, 0.2) is 0 Å². The van der Waals surface area contributed by atoms with Gasteiger partial charge in [-0.3, -0.25) is 0 Å². The molecule has 0 unspecified atom stereocenters. The van der Waals surface area contributed by atoms with Crippen molar-refractivity contribution in [3.63, 3.8) is 0 Å². The highest BCUT2D eigenvalue weighted by molar-refractivity contribution is 5.61. The van der Waals surface area contributed by atoms with Crippen LogP contribution in [0.2, 0.25) is 0 Å². The quantitative estimate of drug-likeness (QED) is 0.734. The molecule has 1 aromatic rings. The lowest BCUT2D eigenvalue weighted by atomic mass is 10.2. The number of nitrogens with zero attached hydrogens (tertiary/aromatic N) is 1. The van der Waals surface area contributed by atoms with Crippen molar-refractivity contribution in [3.8, 4) is 11.5 Å². The molecular formula is C13H22N2O2. The molecule has 0 aliphatic rings. The lowest BCUT2D eigenvalue weighted by Gasteiger charge is -2.22. The zero-order chi connectivity index (χ0) is 12.7. The normalized spacial score (nSPS) is 10.1. The van der Waals surface area contributed by atoms with Crippen LogP contribution in [0.25, 0.3) is 0 Å². The Morgan fingerprint density at radius 2 is 2.00 bits per heavy atom. The van der Waals surface area contributed by atoms with Crippen LogP contribution in [0.15, 0.2) is 18.2 Å². The van der Waals surface area contributed by atoms with Crippen LogP contribution < -0.4 is 19.7 Å². The first-order valence-corrected chi connectivity index (χ1v) is 5.86. The molecule has 0 aliphatic carbocycles. The summed E-state index contributed by atoms with van der Waals surface area (Å²) < 4.78 is 10.6. The van der Waals surface area contributed by atoms with Gasteiger partial charge in [0.2, 0.25) is 0 Å². The van der Waals surface area contributed by atoms with Crippen molar-refractivity contribution >= 4 is 5.69 Å². The Morgan fingerprint density at radius 1 is 1.24 bits per heavy atom. The Morgan fingerprint density at radius 3 is 2.59 bits per heavy atom. The molecule has 0 heterocycles. The molecule has 0 atom stereocenters. The second kappa shape index (κ2) is 7.01. The summed E-state index contributed by atoms with van der Waals surface area (Å²) in [6.07, 6.45) is 0. The van der Waals surface area contributed by atoms with Crippen molar-refractivity contribution in [2.75, 3.05) is 45.8 Å². The van der Waals surface area contributed by atoms with Crippen molar-refractivity contribution in [1.82, 2.24) is 5.32 Å². The van der Waals surface area contributed by atoms with E-state index in [4.69, 9.17) is 9.47 Å². The number of hydrogen-bond donors (Lipinski definition) is 1. The first-order chi connectivity index (χ1) is 8.22. The molecule has 0 spiro atoms. The first-order valence-electron chi connectivity index (χ1n) is 5.86. The molecule has 17 heavy (non-hydrogen) atoms. The largest absolute Gasteiger partial charge is 0.497 e. The zero-order valence-electron chi connectivity index (χ0n) is 11.1. The third-order valence-corrected chi connectivity index (χ3v) is 2.67. The summed E-state index contributed by atoms with van der Waals surface area (Å²) in [6, 6.07) is 5.82. The SMILES string of the molecule is CCNCCN(C)c1cc(OC)ccc1OC. The number of anilines is 1. The topological polar surface area (TPSA) is 33.7 Å². The van der Waals surface area contributed by atoms with Crippen LogP contribution in [0.4, 0.5) is 5.69 Å². The molecule has 0 amide bonds. The molecule has 96 valence electrons. The lowest BCUT2D eigenvalue weighted by molar-refractivity contribution is 0.403. The van der Waals surface area contributed by atoms with E-state index in [1.54, 1.807) is 14.2 Å². The summed E-state index contributed by atoms with van der Waals surface area (Å²) in [5.74, 6) is 1.71. The molecule has 0 aromatic heterocycles. The van der Waals surface area contributed by atoms with Crippen LogP contribution in [-0.4, -0.2) is 40.9 Å². The second-order valence-corrected chi connectivity index (χ2v) is 3.81. The van der Waals surface area contributed by atoms with Gasteiger partial charge in [-0.05, 0) is 18.7 Å². The summed E-state index contributed by atoms with van der Waals surface area (Å²) in [6.45, 7) is 4.97. The van der Waals surface area contributed by atoms with Gasteiger partial charge in [-0.1, -0.05) is 6.92 Å². The molecule has 0 saturated heterocycles. The van der Waals surface area contributed by atoms with E-state index in [2.05, 4.69) is 24.2 Å². The predicted octanol–water partition coefficient (Wildman–Crippen LogP) is 1.75. The Kier molecular flexibility index (Phi) is 5.63. The van der Waals surface area contributed by atoms with Crippen LogP contribution in [0.3, 0.4) is 0 Å². The summed E-state index contributed by atoms with van der Waals surface area (Å²) in [5.41, 5.74) is 1.05. The highest BCUT2D eigenvalue weighted by atomic mass is 16.5. The molecule has 0 fully saturated rings. The molecule has 4 nitrogen and oxygen atoms in total. The van der Waals surface area contributed by atoms with Gasteiger partial charge in [0.05, 0.1) is 19.9 Å². The number of rotatable bonds is 7. The van der Waals surface area contributed by atoms with Crippen LogP contribution in [0, 0.1) is 0 Å². The summed E-state index contributed by atoms with van der Waals surface area (Å²) in [7, 11) is 5.41. The third kappa shape index (κ3) is 3.82. The van der Waals surface area contributed by atoms with Gasteiger partial charge in [-0.2, -0.15) is 0 Å². The Balaban J connectivity index is 2.78. The Bertz CT molecular complexity index is 342. The third-order valence-electron chi connectivity index (χ3n) is 2.67. The molecule has 0 saturated carbocycles. The smallest absolute Gasteiger partial charge is 0.142 e. The van der Waals surface area contributed by atoms with Crippen LogP contribution in [0.5, 0.6) is 11.5 Å². The standard InChI is InChI=1S/C13H22N2O2/c1-5-14-8-9-15(2)12-10-11(16-3)6-7-13(12)17-4/h6-7,10,14H,5,8-9H2,1-4H3. The number of benzene rings is 1. The minimum atomic E-state index is 0.844. The Hall–Kier alpha value is -1.42. The van der Waals surface area contributed by atoms with Crippen molar-refractivity contribution in [2.24, 2.45) is 0 Å². The lowest BCUT2D eigenvalue weighted by Crippen LogP contribution is -2.29. The van der Waals surface area contributed by atoms with Gasteiger partial charge in [0.25, 0.3) is 0 Å². The summed E-state index contributed by atoms with van der Waals surface area (Å²) in [4.78, 5) is 2.16. The number of methoxy groups -OCH3 is 2. The molecule has 1 rings (SSSR count). The maximum Gasteiger partial charge on any atom is 0.142 e. The molecule has 1 N–H and O–H groups in total. The summed E-state index contributed by atoms with van der Waals surface area (Å²) >= 11 is 0. The van der Waals surface area contributed by atoms with Gasteiger partial charge < -0.3 is 19.7 Å². The van der Waals surface area contributed by atoms with E-state index >= 15 is 0 Å². The van der Waals surface area contributed by atoms with E-state index in [-0.39, 0.29) is 0 Å². The van der Waals surface area contributed by atoms with Crippen molar-refractivity contribution in [2.45, 2.75) is 6.92 Å². The fourth-order valence-electron chi connectivity index (χ4n) is 1.64. The molecular weight excluding hydrogens is 216 g/mol. The van der Waals surface area contributed by atoms with Crippen molar-refractivity contribution in [1.29, 1.82) is 0 Å². The molecule has 4 heteroatoms. The molecule has 0 radical (unpaired) electrons. The average molecular weight is 238 g/mol. The van der Waals surface area contributed by atoms with Gasteiger partial charge in [0, 0.05) is 26.2 Å². The number of hydrogen-bond acceptors (Lipinski definition) is 4. The fraction of sp³-hybridized carbons (Fsp3) is 0.538. The van der Waals surface area contributed by atoms with E-state index in [1.165, 1.54) is 0 Å². The van der Waals surface area contributed by atoms with Gasteiger partial charge in [0.1, 0.15) is 11.5 Å². The maximum atomic E-state index is 5.35. The highest BCUT2D eigenvalue weighted by Gasteiger charge is 2.09. The average Bonchev–Trinajstić information content (AvgIpc) is 2.38. The number of ether oxygens (including phenoxy) is 2. The van der Waals surface area contributed by atoms with E-state index in [0.717, 1.165) is 36.8 Å². The zero-order valence-corrected chi connectivity index (χ0v) is 11.1. The van der Waals surface area contributed by atoms with E-state index in [1.807, 2.05) is 18.2 Å². The molecule has 0 bridgehead atoms. The number of nitrogens with one attached hydrogen (secondary N) is 1. The maximum absolute atomic E-state index is 5.35. The van der Waals surface area contributed by atoms with Crippen molar-refractivity contribution < 1.29 is 9.47 Å². The first kappa shape index (κ1) is 13.6. The van der Waals surface area contributed by atoms with Crippen LogP contribution in [-0.2, 0) is 0 Å². The van der Waals surface area contributed by atoms with Gasteiger partial charge in [-0.15, -0.1) is 0 Å². The van der Waals surface area contributed by atoms with Gasteiger partial charge in [-0.25, -0.2) is 0 Å². The molecule has 0 aliphatic heterocycles. The predicted molar refractivity (Wildman–Crippen MR) is 71.4 cm³/mol. The monoisotopic (exact) mass is 238 g/mol. The highest BCUT2D eigenvalue weighted by Crippen LogP contribution is 2.31. The minimum absolute atomic E-state index is 0.844. The van der Waals surface area contributed by atoms with E-state index in [9.17, 15) is 0 Å². The van der Waals surface area contributed by atoms with Crippen LogP contribution >= 0.6 is 0 Å². The Labute approximate surface area is 104 Å². The molecule has 1 aromatic carbocycles. The minimum Gasteiger partial charge on any atom is -0.497 e. The van der Waals surface area contributed by atoms with E-state index < -0.39 is 0 Å².